The first kappa shape index (κ1) is 32.7. The fourth-order valence-electron chi connectivity index (χ4n) is 4.33. The lowest BCUT2D eigenvalue weighted by molar-refractivity contribution is -0.141. The standard InChI is InChI=1S/C31H31FO10S2/c1-15(30(35)36)8-19(33)26-11-17-10-21(39-3)22(13-24(17)43-26)41-6-5-7-42-29-23(40-4)14-25-18(28(29)32)12-27(44-25)20(34)9-16(2)31(37)38/h10-16H,5-9H2,1-4H3,(H,35,36)(H,37,38)/t15-,16?/m0/s1. The van der Waals surface area contributed by atoms with E-state index in [9.17, 15) is 19.2 Å². The Balaban J connectivity index is 1.41. The highest BCUT2D eigenvalue weighted by Crippen LogP contribution is 2.41. The molecular weight excluding hydrogens is 615 g/mol. The Labute approximate surface area is 259 Å². The number of rotatable bonds is 16. The number of hydrogen-bond acceptors (Lipinski definition) is 10. The molecule has 0 amide bonds. The molecule has 1 unspecified atom stereocenters. The summed E-state index contributed by atoms with van der Waals surface area (Å²) in [5, 5.41) is 19.1. The van der Waals surface area contributed by atoms with Gasteiger partial charge >= 0.3 is 11.9 Å². The SMILES string of the molecule is COc1cc2cc(C(=O)C[C@H](C)C(=O)O)sc2cc1OCCCOc1c(OC)cc2sc(C(=O)CC(C)C(=O)O)cc2c1F. The van der Waals surface area contributed by atoms with E-state index in [1.807, 2.05) is 0 Å². The van der Waals surface area contributed by atoms with Gasteiger partial charge in [0.05, 0.1) is 49.0 Å². The number of carbonyl (C=O) groups excluding carboxylic acids is 2. The summed E-state index contributed by atoms with van der Waals surface area (Å²) >= 11 is 2.30. The first-order valence-electron chi connectivity index (χ1n) is 13.6. The zero-order chi connectivity index (χ0) is 32.1. The fraction of sp³-hybridized carbons (Fsp3) is 0.355. The van der Waals surface area contributed by atoms with E-state index >= 15 is 4.39 Å². The van der Waals surface area contributed by atoms with Crippen LogP contribution in [-0.4, -0.2) is 61.2 Å². The van der Waals surface area contributed by atoms with Gasteiger partial charge in [0.25, 0.3) is 0 Å². The highest BCUT2D eigenvalue weighted by Gasteiger charge is 2.23. The van der Waals surface area contributed by atoms with Crippen LogP contribution in [0.1, 0.15) is 52.5 Å². The molecule has 2 N–H and O–H groups in total. The zero-order valence-electron chi connectivity index (χ0n) is 24.4. The van der Waals surface area contributed by atoms with E-state index in [-0.39, 0.29) is 59.4 Å². The predicted molar refractivity (Wildman–Crippen MR) is 164 cm³/mol. The van der Waals surface area contributed by atoms with Gasteiger partial charge in [-0.25, -0.2) is 4.39 Å². The van der Waals surface area contributed by atoms with Crippen LogP contribution in [0.4, 0.5) is 4.39 Å². The normalized spacial score (nSPS) is 12.6. The lowest BCUT2D eigenvalue weighted by Crippen LogP contribution is -2.13. The van der Waals surface area contributed by atoms with Crippen LogP contribution in [0.25, 0.3) is 20.2 Å². The smallest absolute Gasteiger partial charge is 0.306 e. The third-order valence-electron chi connectivity index (χ3n) is 6.87. The average molecular weight is 647 g/mol. The van der Waals surface area contributed by atoms with Crippen molar-refractivity contribution in [2.75, 3.05) is 27.4 Å². The van der Waals surface area contributed by atoms with Crippen molar-refractivity contribution in [3.8, 4) is 23.0 Å². The molecule has 0 aliphatic carbocycles. The van der Waals surface area contributed by atoms with Gasteiger partial charge in [0, 0.05) is 46.2 Å². The molecule has 0 saturated carbocycles. The summed E-state index contributed by atoms with van der Waals surface area (Å²) in [4.78, 5) is 48.1. The highest BCUT2D eigenvalue weighted by atomic mass is 32.1. The molecule has 0 radical (unpaired) electrons. The van der Waals surface area contributed by atoms with Gasteiger partial charge < -0.3 is 29.2 Å². The maximum atomic E-state index is 15.5. The summed E-state index contributed by atoms with van der Waals surface area (Å²) in [6.07, 6.45) is 0.0715. The number of halogens is 1. The van der Waals surface area contributed by atoms with E-state index in [1.54, 1.807) is 24.3 Å². The van der Waals surface area contributed by atoms with Crippen LogP contribution in [0.2, 0.25) is 0 Å². The van der Waals surface area contributed by atoms with Gasteiger partial charge in [-0.2, -0.15) is 0 Å². The van der Waals surface area contributed by atoms with Crippen LogP contribution in [0.15, 0.2) is 30.3 Å². The minimum absolute atomic E-state index is 0.0782. The molecule has 234 valence electrons. The Kier molecular flexibility index (Phi) is 10.4. The van der Waals surface area contributed by atoms with Crippen molar-refractivity contribution in [1.29, 1.82) is 0 Å². The Hall–Kier alpha value is -4.23. The van der Waals surface area contributed by atoms with Crippen LogP contribution in [-0.2, 0) is 9.59 Å². The van der Waals surface area contributed by atoms with Gasteiger partial charge in [0.2, 0.25) is 0 Å². The summed E-state index contributed by atoms with van der Waals surface area (Å²) in [6.45, 7) is 3.20. The molecule has 0 fully saturated rings. The zero-order valence-corrected chi connectivity index (χ0v) is 26.1. The molecule has 0 aliphatic heterocycles. The van der Waals surface area contributed by atoms with Crippen LogP contribution in [0.3, 0.4) is 0 Å². The second kappa shape index (κ2) is 14.0. The maximum absolute atomic E-state index is 15.5. The Bertz CT molecular complexity index is 1720. The van der Waals surface area contributed by atoms with Gasteiger partial charge in [-0.15, -0.1) is 22.7 Å². The summed E-state index contributed by atoms with van der Waals surface area (Å²) in [5.41, 5.74) is 0. The lowest BCUT2D eigenvalue weighted by Gasteiger charge is -2.13. The number of ketones is 2. The first-order chi connectivity index (χ1) is 20.9. The molecule has 2 aromatic carbocycles. The number of Topliss-reactive ketones (excluding diaryl/α,β-unsaturated/α-hetero) is 2. The second-order valence-electron chi connectivity index (χ2n) is 10.2. The van der Waals surface area contributed by atoms with Gasteiger partial charge in [0.15, 0.2) is 40.4 Å². The Morgan fingerprint density at radius 3 is 1.89 bits per heavy atom. The molecule has 0 bridgehead atoms. The molecular formula is C31H31FO10S2. The first-order valence-corrected chi connectivity index (χ1v) is 15.3. The average Bonchev–Trinajstić information content (AvgIpc) is 3.61. The Morgan fingerprint density at radius 2 is 1.30 bits per heavy atom. The van der Waals surface area contributed by atoms with E-state index in [1.165, 1.54) is 45.5 Å². The van der Waals surface area contributed by atoms with Crippen LogP contribution >= 0.6 is 22.7 Å². The third-order valence-corrected chi connectivity index (χ3v) is 9.14. The summed E-state index contributed by atoms with van der Waals surface area (Å²) < 4.78 is 39.1. The number of hydrogen-bond donors (Lipinski definition) is 2. The number of ether oxygens (including phenoxy) is 4. The molecule has 2 atom stereocenters. The molecule has 0 aliphatic rings. The van der Waals surface area contributed by atoms with Crippen molar-refractivity contribution in [1.82, 2.24) is 0 Å². The number of thiophene rings is 2. The molecule has 0 saturated heterocycles. The molecule has 13 heteroatoms. The third kappa shape index (κ3) is 7.28. The van der Waals surface area contributed by atoms with Crippen molar-refractivity contribution < 1.29 is 52.7 Å². The van der Waals surface area contributed by atoms with Crippen LogP contribution in [0, 0.1) is 17.7 Å². The second-order valence-corrected chi connectivity index (χ2v) is 12.3. The minimum Gasteiger partial charge on any atom is -0.493 e. The number of fused-ring (bicyclic) bond motifs is 2. The fourth-order valence-corrected chi connectivity index (χ4v) is 6.38. The van der Waals surface area contributed by atoms with E-state index in [4.69, 9.17) is 29.2 Å². The number of carboxylic acid groups (broad SMARTS) is 2. The van der Waals surface area contributed by atoms with E-state index < -0.39 is 29.6 Å². The Morgan fingerprint density at radius 1 is 0.750 bits per heavy atom. The van der Waals surface area contributed by atoms with Crippen molar-refractivity contribution in [3.05, 3.63) is 45.9 Å². The van der Waals surface area contributed by atoms with E-state index in [0.29, 0.717) is 27.5 Å². The van der Waals surface area contributed by atoms with E-state index in [2.05, 4.69) is 0 Å². The van der Waals surface area contributed by atoms with Crippen molar-refractivity contribution in [2.24, 2.45) is 11.8 Å². The van der Waals surface area contributed by atoms with Gasteiger partial charge in [-0.3, -0.25) is 19.2 Å². The summed E-state index contributed by atoms with van der Waals surface area (Å²) in [7, 11) is 2.87. The molecule has 0 spiro atoms. The topological polar surface area (TPSA) is 146 Å². The van der Waals surface area contributed by atoms with Crippen LogP contribution < -0.4 is 18.9 Å². The van der Waals surface area contributed by atoms with Crippen LogP contribution in [0.5, 0.6) is 23.0 Å². The molecule has 4 rings (SSSR count). The predicted octanol–water partition coefficient (Wildman–Crippen LogP) is 6.71. The number of methoxy groups -OCH3 is 2. The highest BCUT2D eigenvalue weighted by molar-refractivity contribution is 7.21. The van der Waals surface area contributed by atoms with Crippen molar-refractivity contribution in [3.63, 3.8) is 0 Å². The summed E-state index contributed by atoms with van der Waals surface area (Å²) in [6, 6.07) is 8.18. The monoisotopic (exact) mass is 646 g/mol. The maximum Gasteiger partial charge on any atom is 0.306 e. The number of carbonyl (C=O) groups is 4. The lowest BCUT2D eigenvalue weighted by atomic mass is 10.0. The van der Waals surface area contributed by atoms with Crippen molar-refractivity contribution in [2.45, 2.75) is 33.1 Å². The minimum atomic E-state index is -1.08. The molecule has 4 aromatic rings. The molecule has 2 heterocycles. The van der Waals surface area contributed by atoms with Crippen molar-refractivity contribution >= 4 is 66.4 Å². The van der Waals surface area contributed by atoms with Gasteiger partial charge in [-0.05, 0) is 23.6 Å². The van der Waals surface area contributed by atoms with Gasteiger partial charge in [-0.1, -0.05) is 13.8 Å². The molecule has 44 heavy (non-hydrogen) atoms. The number of carboxylic acids is 2. The van der Waals surface area contributed by atoms with Gasteiger partial charge in [0.1, 0.15) is 0 Å². The summed E-state index contributed by atoms with van der Waals surface area (Å²) in [5.74, 6) is -4.13. The molecule has 2 aromatic heterocycles. The number of benzene rings is 2. The molecule has 10 nitrogen and oxygen atoms in total. The van der Waals surface area contributed by atoms with E-state index in [0.717, 1.165) is 21.4 Å². The largest absolute Gasteiger partial charge is 0.493 e. The quantitative estimate of drug-likeness (QED) is 0.0995. The number of aliphatic carboxylic acids is 2.